The molecule has 0 aliphatic heterocycles. The van der Waals surface area contributed by atoms with E-state index in [1.807, 2.05) is 24.3 Å². The van der Waals surface area contributed by atoms with Crippen molar-refractivity contribution in [1.82, 2.24) is 15.3 Å². The molecule has 1 aliphatic carbocycles. The largest absolute Gasteiger partial charge is 0.353 e. The molecule has 0 radical (unpaired) electrons. The number of benzene rings is 1. The van der Waals surface area contributed by atoms with Gasteiger partial charge in [-0.3, -0.25) is 4.79 Å². The lowest BCUT2D eigenvalue weighted by Crippen LogP contribution is -2.36. The van der Waals surface area contributed by atoms with Crippen LogP contribution in [0.4, 0.5) is 0 Å². The van der Waals surface area contributed by atoms with Crippen LogP contribution < -0.4 is 5.32 Å². The van der Waals surface area contributed by atoms with Gasteiger partial charge in [0.15, 0.2) is 5.16 Å². The molecule has 22 heavy (non-hydrogen) atoms. The molecule has 2 N–H and O–H groups in total. The third-order valence-electron chi connectivity index (χ3n) is 4.18. The van der Waals surface area contributed by atoms with Crippen molar-refractivity contribution in [2.45, 2.75) is 56.1 Å². The van der Waals surface area contributed by atoms with Crippen molar-refractivity contribution in [2.75, 3.05) is 5.75 Å². The molecular weight excluding hydrogens is 294 g/mol. The Morgan fingerprint density at radius 3 is 2.68 bits per heavy atom. The summed E-state index contributed by atoms with van der Waals surface area (Å²) in [5.41, 5.74) is 1.97. The number of fused-ring (bicyclic) bond motifs is 1. The van der Waals surface area contributed by atoms with Crippen LogP contribution in [0.5, 0.6) is 0 Å². The van der Waals surface area contributed by atoms with Crippen LogP contribution in [0, 0.1) is 0 Å². The molecule has 3 rings (SSSR count). The molecule has 1 fully saturated rings. The summed E-state index contributed by atoms with van der Waals surface area (Å²) < 4.78 is 0. The Balaban J connectivity index is 1.48. The number of carbonyl (C=O) groups is 1. The topological polar surface area (TPSA) is 57.8 Å². The van der Waals surface area contributed by atoms with Gasteiger partial charge >= 0.3 is 0 Å². The molecule has 0 atom stereocenters. The summed E-state index contributed by atoms with van der Waals surface area (Å²) in [4.78, 5) is 19.9. The molecule has 1 aromatic carbocycles. The van der Waals surface area contributed by atoms with Gasteiger partial charge in [0.1, 0.15) is 0 Å². The third-order valence-corrected chi connectivity index (χ3v) is 5.05. The van der Waals surface area contributed by atoms with Crippen LogP contribution >= 0.6 is 11.8 Å². The van der Waals surface area contributed by atoms with E-state index in [2.05, 4.69) is 15.3 Å². The number of nitrogens with one attached hydrogen (secondary N) is 2. The van der Waals surface area contributed by atoms with Crippen LogP contribution in [0.15, 0.2) is 29.4 Å². The van der Waals surface area contributed by atoms with Crippen LogP contribution in [0.1, 0.15) is 44.9 Å². The molecule has 1 heterocycles. The van der Waals surface area contributed by atoms with Crippen molar-refractivity contribution in [1.29, 1.82) is 0 Å². The zero-order valence-corrected chi connectivity index (χ0v) is 13.6. The highest BCUT2D eigenvalue weighted by atomic mass is 32.2. The molecule has 1 amide bonds. The molecule has 2 aromatic rings. The molecule has 0 saturated heterocycles. The van der Waals surface area contributed by atoms with Crippen LogP contribution in [-0.4, -0.2) is 27.7 Å². The first-order chi connectivity index (χ1) is 10.8. The fraction of sp³-hybridized carbons (Fsp3) is 0.529. The predicted octanol–water partition coefficient (Wildman–Crippen LogP) is 3.88. The molecule has 1 aromatic heterocycles. The summed E-state index contributed by atoms with van der Waals surface area (Å²) >= 11 is 1.47. The normalized spacial score (nSPS) is 17.1. The first-order valence-electron chi connectivity index (χ1n) is 8.18. The number of amides is 1. The van der Waals surface area contributed by atoms with Crippen LogP contribution in [0.2, 0.25) is 0 Å². The van der Waals surface area contributed by atoms with Gasteiger partial charge in [0.2, 0.25) is 5.91 Å². The van der Waals surface area contributed by atoms with Crippen LogP contribution in [0.3, 0.4) is 0 Å². The van der Waals surface area contributed by atoms with E-state index in [1.54, 1.807) is 0 Å². The Labute approximate surface area is 135 Å². The average molecular weight is 317 g/mol. The van der Waals surface area contributed by atoms with Gasteiger partial charge in [0.05, 0.1) is 16.8 Å². The van der Waals surface area contributed by atoms with E-state index in [0.29, 0.717) is 11.8 Å². The molecule has 5 heteroatoms. The van der Waals surface area contributed by atoms with Crippen molar-refractivity contribution < 1.29 is 4.79 Å². The smallest absolute Gasteiger partial charge is 0.230 e. The van der Waals surface area contributed by atoms with E-state index in [1.165, 1.54) is 43.9 Å². The maximum absolute atomic E-state index is 12.1. The summed E-state index contributed by atoms with van der Waals surface area (Å²) in [6.45, 7) is 0. The lowest BCUT2D eigenvalue weighted by atomic mass is 9.97. The number of para-hydroxylation sites is 2. The SMILES string of the molecule is O=C(CSc1nc2ccccc2[nH]1)NC1CCCCCCC1. The van der Waals surface area contributed by atoms with Crippen molar-refractivity contribution in [2.24, 2.45) is 0 Å². The number of aromatic amines is 1. The number of rotatable bonds is 4. The second-order valence-corrected chi connectivity index (χ2v) is 6.92. The highest BCUT2D eigenvalue weighted by molar-refractivity contribution is 7.99. The second-order valence-electron chi connectivity index (χ2n) is 5.96. The summed E-state index contributed by atoms with van der Waals surface area (Å²) in [5.74, 6) is 0.548. The predicted molar refractivity (Wildman–Crippen MR) is 91.1 cm³/mol. The summed E-state index contributed by atoms with van der Waals surface area (Å²) in [5, 5.41) is 4.00. The maximum Gasteiger partial charge on any atom is 0.230 e. The highest BCUT2D eigenvalue weighted by Gasteiger charge is 2.14. The fourth-order valence-corrected chi connectivity index (χ4v) is 3.70. The zero-order chi connectivity index (χ0) is 15.2. The van der Waals surface area contributed by atoms with Crippen molar-refractivity contribution >= 4 is 28.7 Å². The monoisotopic (exact) mass is 317 g/mol. The second kappa shape index (κ2) is 7.68. The molecule has 1 aliphatic rings. The van der Waals surface area contributed by atoms with Gasteiger partial charge in [0, 0.05) is 6.04 Å². The van der Waals surface area contributed by atoms with E-state index < -0.39 is 0 Å². The van der Waals surface area contributed by atoms with Crippen molar-refractivity contribution in [3.05, 3.63) is 24.3 Å². The minimum Gasteiger partial charge on any atom is -0.353 e. The van der Waals surface area contributed by atoms with Gasteiger partial charge in [-0.1, -0.05) is 56.0 Å². The van der Waals surface area contributed by atoms with Gasteiger partial charge in [0.25, 0.3) is 0 Å². The standard InChI is InChI=1S/C17H23N3OS/c21-16(18-13-8-4-2-1-3-5-9-13)12-22-17-19-14-10-6-7-11-15(14)20-17/h6-7,10-11,13H,1-5,8-9,12H2,(H,18,21)(H,19,20). The fourth-order valence-electron chi connectivity index (χ4n) is 3.00. The van der Waals surface area contributed by atoms with Crippen LogP contribution in [-0.2, 0) is 4.79 Å². The number of hydrogen-bond acceptors (Lipinski definition) is 3. The highest BCUT2D eigenvalue weighted by Crippen LogP contribution is 2.20. The molecule has 1 saturated carbocycles. The van der Waals surface area contributed by atoms with Crippen molar-refractivity contribution in [3.8, 4) is 0 Å². The number of carbonyl (C=O) groups excluding carboxylic acids is 1. The van der Waals surface area contributed by atoms with Crippen molar-refractivity contribution in [3.63, 3.8) is 0 Å². The number of hydrogen-bond donors (Lipinski definition) is 2. The zero-order valence-electron chi connectivity index (χ0n) is 12.8. The first-order valence-corrected chi connectivity index (χ1v) is 9.17. The third kappa shape index (κ3) is 4.26. The van der Waals surface area contributed by atoms with E-state index in [0.717, 1.165) is 29.0 Å². The van der Waals surface area contributed by atoms with Gasteiger partial charge in [-0.25, -0.2) is 4.98 Å². The summed E-state index contributed by atoms with van der Waals surface area (Å²) in [6, 6.07) is 8.30. The summed E-state index contributed by atoms with van der Waals surface area (Å²) in [7, 11) is 0. The Kier molecular flexibility index (Phi) is 5.38. The number of thioether (sulfide) groups is 1. The molecule has 4 nitrogen and oxygen atoms in total. The molecule has 0 bridgehead atoms. The number of imidazole rings is 1. The summed E-state index contributed by atoms with van der Waals surface area (Å²) in [6.07, 6.45) is 8.69. The Morgan fingerprint density at radius 2 is 1.91 bits per heavy atom. The lowest BCUT2D eigenvalue weighted by Gasteiger charge is -2.20. The van der Waals surface area contributed by atoms with E-state index >= 15 is 0 Å². The minimum atomic E-state index is 0.121. The Morgan fingerprint density at radius 1 is 1.18 bits per heavy atom. The van der Waals surface area contributed by atoms with E-state index in [9.17, 15) is 4.79 Å². The quantitative estimate of drug-likeness (QED) is 0.841. The number of H-pyrrole nitrogens is 1. The molecule has 0 spiro atoms. The number of aromatic nitrogens is 2. The molecule has 0 unspecified atom stereocenters. The lowest BCUT2D eigenvalue weighted by molar-refractivity contribution is -0.119. The average Bonchev–Trinajstić information content (AvgIpc) is 2.91. The van der Waals surface area contributed by atoms with Gasteiger partial charge in [-0.2, -0.15) is 0 Å². The first kappa shape index (κ1) is 15.4. The van der Waals surface area contributed by atoms with Gasteiger partial charge < -0.3 is 10.3 Å². The number of nitrogens with zero attached hydrogens (tertiary/aromatic N) is 1. The van der Waals surface area contributed by atoms with Gasteiger partial charge in [-0.05, 0) is 25.0 Å². The maximum atomic E-state index is 12.1. The molecule has 118 valence electrons. The Hall–Kier alpha value is -1.49. The van der Waals surface area contributed by atoms with E-state index in [-0.39, 0.29) is 5.91 Å². The van der Waals surface area contributed by atoms with Crippen LogP contribution in [0.25, 0.3) is 11.0 Å². The minimum absolute atomic E-state index is 0.121. The molecular formula is C17H23N3OS. The van der Waals surface area contributed by atoms with Gasteiger partial charge in [-0.15, -0.1) is 0 Å². The van der Waals surface area contributed by atoms with E-state index in [4.69, 9.17) is 0 Å². The Bertz CT molecular complexity index is 584.